The lowest BCUT2D eigenvalue weighted by Gasteiger charge is -2.28. The maximum atomic E-state index is 12.4. The van der Waals surface area contributed by atoms with Crippen molar-refractivity contribution in [2.75, 3.05) is 6.54 Å². The Morgan fingerprint density at radius 1 is 1.41 bits per heavy atom. The van der Waals surface area contributed by atoms with E-state index in [2.05, 4.69) is 4.98 Å². The molecule has 2 heterocycles. The molecule has 1 N–H and O–H groups in total. The number of amides is 1. The first-order valence-corrected chi connectivity index (χ1v) is 7.52. The summed E-state index contributed by atoms with van der Waals surface area (Å²) in [5, 5.41) is 0. The van der Waals surface area contributed by atoms with Crippen molar-refractivity contribution in [3.63, 3.8) is 0 Å². The third kappa shape index (κ3) is 4.02. The van der Waals surface area contributed by atoms with Crippen molar-refractivity contribution in [1.82, 2.24) is 9.88 Å². The van der Waals surface area contributed by atoms with E-state index in [1.54, 1.807) is 11.0 Å². The average Bonchev–Trinajstić information content (AvgIpc) is 2.55. The quantitative estimate of drug-likeness (QED) is 0.865. The fourth-order valence-corrected chi connectivity index (χ4v) is 2.22. The van der Waals surface area contributed by atoms with Crippen LogP contribution in [0.1, 0.15) is 40.3 Å². The lowest BCUT2D eigenvalue weighted by Crippen LogP contribution is -2.42. The first kappa shape index (κ1) is 16.4. The maximum absolute atomic E-state index is 12.4. The van der Waals surface area contributed by atoms with E-state index in [-0.39, 0.29) is 24.1 Å². The summed E-state index contributed by atoms with van der Waals surface area (Å²) >= 11 is 0. The van der Waals surface area contributed by atoms with E-state index in [0.29, 0.717) is 18.0 Å². The Morgan fingerprint density at radius 3 is 2.68 bits per heavy atom. The van der Waals surface area contributed by atoms with Crippen LogP contribution in [0.4, 0.5) is 4.79 Å². The topological polar surface area (TPSA) is 71.6 Å². The Morgan fingerprint density at radius 2 is 2.09 bits per heavy atom. The Labute approximate surface area is 130 Å². The smallest absolute Gasteiger partial charge is 0.410 e. The summed E-state index contributed by atoms with van der Waals surface area (Å²) in [6.45, 7) is 10.2. The number of rotatable bonds is 1. The van der Waals surface area contributed by atoms with Crippen molar-refractivity contribution < 1.29 is 14.3 Å². The van der Waals surface area contributed by atoms with Crippen molar-refractivity contribution in [2.24, 2.45) is 5.92 Å². The van der Waals surface area contributed by atoms with E-state index in [4.69, 9.17) is 9.47 Å². The normalized spacial score (nSPS) is 18.5. The molecule has 1 amide bonds. The summed E-state index contributed by atoms with van der Waals surface area (Å²) < 4.78 is 11.4. The van der Waals surface area contributed by atoms with Crippen LogP contribution < -0.4 is 10.3 Å². The number of carbonyl (C=O) groups is 1. The second kappa shape index (κ2) is 6.02. The zero-order chi connectivity index (χ0) is 16.5. The van der Waals surface area contributed by atoms with E-state index in [1.807, 2.05) is 34.6 Å². The molecule has 22 heavy (non-hydrogen) atoms. The number of aromatic amines is 1. The van der Waals surface area contributed by atoms with Gasteiger partial charge in [-0.1, -0.05) is 13.8 Å². The van der Waals surface area contributed by atoms with Gasteiger partial charge >= 0.3 is 6.09 Å². The number of fused-ring (bicyclic) bond motifs is 1. The number of ether oxygens (including phenoxy) is 2. The molecule has 0 aromatic carbocycles. The van der Waals surface area contributed by atoms with Gasteiger partial charge in [-0.2, -0.15) is 0 Å². The van der Waals surface area contributed by atoms with Gasteiger partial charge in [0.1, 0.15) is 17.5 Å². The first-order chi connectivity index (χ1) is 10.2. The van der Waals surface area contributed by atoms with Gasteiger partial charge in [0.05, 0.1) is 18.8 Å². The van der Waals surface area contributed by atoms with Crippen LogP contribution in [0.15, 0.2) is 16.9 Å². The van der Waals surface area contributed by atoms with Gasteiger partial charge in [0, 0.05) is 6.07 Å². The van der Waals surface area contributed by atoms with Crippen LogP contribution >= 0.6 is 0 Å². The molecule has 0 unspecified atom stereocenters. The largest absolute Gasteiger partial charge is 0.486 e. The van der Waals surface area contributed by atoms with Crippen LogP contribution in [0.5, 0.6) is 5.75 Å². The summed E-state index contributed by atoms with van der Waals surface area (Å²) in [6, 6.07) is 3.08. The minimum absolute atomic E-state index is 0.153. The second-order valence-electron chi connectivity index (χ2n) is 6.93. The molecule has 122 valence electrons. The lowest BCUT2D eigenvalue weighted by molar-refractivity contribution is 0.0147. The second-order valence-corrected chi connectivity index (χ2v) is 6.93. The zero-order valence-electron chi connectivity index (χ0n) is 13.8. The lowest BCUT2D eigenvalue weighted by atomic mass is 10.1. The molecule has 2 rings (SSSR count). The first-order valence-electron chi connectivity index (χ1n) is 7.52. The summed E-state index contributed by atoms with van der Waals surface area (Å²) in [5.74, 6) is 0.840. The predicted molar refractivity (Wildman–Crippen MR) is 83.0 cm³/mol. The van der Waals surface area contributed by atoms with Gasteiger partial charge in [-0.3, -0.25) is 9.69 Å². The number of nitrogens with zero attached hydrogens (tertiary/aromatic N) is 1. The van der Waals surface area contributed by atoms with Crippen LogP contribution in [-0.2, 0) is 11.3 Å². The molecular weight excluding hydrogens is 284 g/mol. The molecule has 1 aliphatic rings. The molecule has 0 spiro atoms. The SMILES string of the molecule is CC(C)[C@H]1CN(C(=O)OC(C)(C)C)Cc2[nH]c(=O)ccc2O1. The summed E-state index contributed by atoms with van der Waals surface area (Å²) in [7, 11) is 0. The fraction of sp³-hybridized carbons (Fsp3) is 0.625. The van der Waals surface area contributed by atoms with E-state index < -0.39 is 11.7 Å². The Kier molecular flexibility index (Phi) is 4.49. The fourth-order valence-electron chi connectivity index (χ4n) is 2.22. The third-order valence-corrected chi connectivity index (χ3v) is 3.38. The van der Waals surface area contributed by atoms with E-state index in [9.17, 15) is 9.59 Å². The minimum Gasteiger partial charge on any atom is -0.486 e. The Bertz CT molecular complexity index is 601. The molecule has 0 fully saturated rings. The third-order valence-electron chi connectivity index (χ3n) is 3.38. The maximum Gasteiger partial charge on any atom is 0.410 e. The van der Waals surface area contributed by atoms with Crippen LogP contribution in [0.3, 0.4) is 0 Å². The highest BCUT2D eigenvalue weighted by Gasteiger charge is 2.31. The molecular formula is C16H24N2O4. The summed E-state index contributed by atoms with van der Waals surface area (Å²) in [4.78, 5) is 28.2. The van der Waals surface area contributed by atoms with Gasteiger partial charge in [-0.25, -0.2) is 4.79 Å². The summed E-state index contributed by atoms with van der Waals surface area (Å²) in [5.41, 5.74) is -0.180. The molecule has 1 atom stereocenters. The van der Waals surface area contributed by atoms with E-state index in [1.165, 1.54) is 6.07 Å². The zero-order valence-corrected chi connectivity index (χ0v) is 13.8. The molecule has 0 saturated heterocycles. The van der Waals surface area contributed by atoms with Crippen molar-refractivity contribution >= 4 is 6.09 Å². The molecule has 1 aromatic heterocycles. The van der Waals surface area contributed by atoms with E-state index >= 15 is 0 Å². The molecule has 1 aromatic rings. The number of hydrogen-bond donors (Lipinski definition) is 1. The number of hydrogen-bond acceptors (Lipinski definition) is 4. The van der Waals surface area contributed by atoms with E-state index in [0.717, 1.165) is 0 Å². The molecule has 6 heteroatoms. The number of H-pyrrole nitrogens is 1. The summed E-state index contributed by atoms with van der Waals surface area (Å²) in [6.07, 6.45) is -0.557. The molecule has 0 aliphatic carbocycles. The van der Waals surface area contributed by atoms with Gasteiger partial charge in [0.25, 0.3) is 0 Å². The van der Waals surface area contributed by atoms with Crippen molar-refractivity contribution in [1.29, 1.82) is 0 Å². The Balaban J connectivity index is 2.31. The monoisotopic (exact) mass is 308 g/mol. The van der Waals surface area contributed by atoms with Gasteiger partial charge < -0.3 is 14.5 Å². The highest BCUT2D eigenvalue weighted by Crippen LogP contribution is 2.25. The van der Waals surface area contributed by atoms with Gasteiger partial charge in [0.2, 0.25) is 5.56 Å². The predicted octanol–water partition coefficient (Wildman–Crippen LogP) is 2.53. The molecule has 6 nitrogen and oxygen atoms in total. The highest BCUT2D eigenvalue weighted by molar-refractivity contribution is 5.68. The highest BCUT2D eigenvalue weighted by atomic mass is 16.6. The molecule has 0 bridgehead atoms. The minimum atomic E-state index is -0.565. The number of carbonyl (C=O) groups excluding carboxylic acids is 1. The number of aromatic nitrogens is 1. The van der Waals surface area contributed by atoms with Crippen molar-refractivity contribution in [2.45, 2.75) is 52.9 Å². The van der Waals surface area contributed by atoms with Gasteiger partial charge in [-0.15, -0.1) is 0 Å². The molecule has 0 radical (unpaired) electrons. The van der Waals surface area contributed by atoms with Gasteiger partial charge in [-0.05, 0) is 32.8 Å². The van der Waals surface area contributed by atoms with Crippen molar-refractivity contribution in [3.8, 4) is 5.75 Å². The Hall–Kier alpha value is -1.98. The number of pyridine rings is 1. The van der Waals surface area contributed by atoms with Gasteiger partial charge in [0.15, 0.2) is 0 Å². The average molecular weight is 308 g/mol. The van der Waals surface area contributed by atoms with Crippen LogP contribution in [0.2, 0.25) is 0 Å². The van der Waals surface area contributed by atoms with Crippen LogP contribution in [0, 0.1) is 5.92 Å². The number of nitrogens with one attached hydrogen (secondary N) is 1. The van der Waals surface area contributed by atoms with Crippen LogP contribution in [0.25, 0.3) is 0 Å². The molecule has 1 aliphatic heterocycles. The van der Waals surface area contributed by atoms with Crippen molar-refractivity contribution in [3.05, 3.63) is 28.2 Å². The standard InChI is InChI=1S/C16H24N2O4/c1-10(2)13-9-18(15(20)22-16(3,4)5)8-11-12(21-13)6-7-14(19)17-11/h6-7,10,13H,8-9H2,1-5H3,(H,17,19)/t13-/m1/s1. The molecule has 0 saturated carbocycles. The van der Waals surface area contributed by atoms with Crippen LogP contribution in [-0.4, -0.2) is 34.2 Å².